The van der Waals surface area contributed by atoms with E-state index in [9.17, 15) is 13.6 Å². The van der Waals surface area contributed by atoms with Gasteiger partial charge in [-0.15, -0.1) is 0 Å². The van der Waals surface area contributed by atoms with E-state index >= 15 is 0 Å². The van der Waals surface area contributed by atoms with Crippen molar-refractivity contribution in [1.82, 2.24) is 5.32 Å². The first-order valence-corrected chi connectivity index (χ1v) is 5.09. The summed E-state index contributed by atoms with van der Waals surface area (Å²) in [5.74, 6) is -0.140. The van der Waals surface area contributed by atoms with Gasteiger partial charge in [0.05, 0.1) is 0 Å². The van der Waals surface area contributed by atoms with E-state index in [-0.39, 0.29) is 10.8 Å². The summed E-state index contributed by atoms with van der Waals surface area (Å²) in [6.07, 6.45) is 0. The van der Waals surface area contributed by atoms with Gasteiger partial charge < -0.3 is 9.87 Å². The number of carbonyl (C=O) groups excluding carboxylic acids is 1. The van der Waals surface area contributed by atoms with E-state index in [4.69, 9.17) is 0 Å². The lowest BCUT2D eigenvalue weighted by atomic mass is 10.2. The molecule has 1 atom stereocenters. The zero-order valence-electron chi connectivity index (χ0n) is 7.65. The highest BCUT2D eigenvalue weighted by molar-refractivity contribution is 7.79. The summed E-state index contributed by atoms with van der Waals surface area (Å²) in [7, 11) is 0. The van der Waals surface area contributed by atoms with Gasteiger partial charge in [0.2, 0.25) is 5.91 Å². The number of rotatable bonds is 3. The molecule has 0 bridgehead atoms. The van der Waals surface area contributed by atoms with Gasteiger partial charge in [-0.1, -0.05) is 12.1 Å². The molecule has 0 radical (unpaired) electrons. The van der Waals surface area contributed by atoms with E-state index in [2.05, 4.69) is 5.32 Å². The molecule has 5 heteroatoms. The van der Waals surface area contributed by atoms with Crippen LogP contribution in [0.4, 0.5) is 0 Å². The number of carbonyl (C=O) groups is 1. The first-order valence-electron chi connectivity index (χ1n) is 4.02. The lowest BCUT2D eigenvalue weighted by Gasteiger charge is -2.07. The highest BCUT2D eigenvalue weighted by Crippen LogP contribution is 2.07. The molecule has 1 aromatic carbocycles. The van der Waals surface area contributed by atoms with Gasteiger partial charge >= 0.3 is 0 Å². The van der Waals surface area contributed by atoms with Crippen LogP contribution in [-0.2, 0) is 22.4 Å². The first kappa shape index (κ1) is 10.9. The van der Waals surface area contributed by atoms with Crippen molar-refractivity contribution in [3.63, 3.8) is 0 Å². The molecule has 0 saturated heterocycles. The van der Waals surface area contributed by atoms with Crippen LogP contribution < -0.4 is 5.32 Å². The summed E-state index contributed by atoms with van der Waals surface area (Å²) in [4.78, 5) is 10.8. The van der Waals surface area contributed by atoms with Crippen LogP contribution in [0.1, 0.15) is 12.5 Å². The monoisotopic (exact) mass is 212 g/mol. The molecule has 0 heterocycles. The Morgan fingerprint density at radius 3 is 2.86 bits per heavy atom. The van der Waals surface area contributed by atoms with Gasteiger partial charge in [0, 0.05) is 18.4 Å². The standard InChI is InChI=1S/C9H11NO3S/c1-7(11)10-6-8-3-2-4-9(5-8)14(12)13/h2-5H,6H2,1H3,(H,10,11)(H,12,13)/p-1. The van der Waals surface area contributed by atoms with Gasteiger partial charge in [0.1, 0.15) is 0 Å². The molecule has 0 spiro atoms. The van der Waals surface area contributed by atoms with E-state index < -0.39 is 11.1 Å². The Kier molecular flexibility index (Phi) is 3.79. The predicted octanol–water partition coefficient (Wildman–Crippen LogP) is 0.561. The van der Waals surface area contributed by atoms with Crippen LogP contribution in [0, 0.1) is 0 Å². The fraction of sp³-hybridized carbons (Fsp3) is 0.222. The summed E-state index contributed by atoms with van der Waals surface area (Å²) in [5, 5.41) is 2.59. The van der Waals surface area contributed by atoms with E-state index in [1.165, 1.54) is 19.1 Å². The SMILES string of the molecule is CC(=O)NCc1cccc(S(=O)[O-])c1. The van der Waals surface area contributed by atoms with E-state index in [0.717, 1.165) is 5.56 Å². The number of nitrogens with one attached hydrogen (secondary N) is 1. The van der Waals surface area contributed by atoms with Crippen molar-refractivity contribution in [2.75, 3.05) is 0 Å². The molecule has 14 heavy (non-hydrogen) atoms. The van der Waals surface area contributed by atoms with E-state index in [1.807, 2.05) is 0 Å². The Bertz CT molecular complexity index is 365. The topological polar surface area (TPSA) is 69.2 Å². The molecule has 1 N–H and O–H groups in total. The predicted molar refractivity (Wildman–Crippen MR) is 51.1 cm³/mol. The highest BCUT2D eigenvalue weighted by atomic mass is 32.2. The Hall–Kier alpha value is -1.20. The molecule has 4 nitrogen and oxygen atoms in total. The van der Waals surface area contributed by atoms with Crippen LogP contribution >= 0.6 is 0 Å². The average molecular weight is 212 g/mol. The van der Waals surface area contributed by atoms with Gasteiger partial charge in [0.25, 0.3) is 0 Å². The molecular formula is C9H10NO3S-. The van der Waals surface area contributed by atoms with Crippen molar-refractivity contribution >= 4 is 17.0 Å². The minimum absolute atomic E-state index is 0.140. The molecular weight excluding hydrogens is 202 g/mol. The minimum atomic E-state index is -2.22. The highest BCUT2D eigenvalue weighted by Gasteiger charge is 1.97. The van der Waals surface area contributed by atoms with Crippen LogP contribution in [-0.4, -0.2) is 14.7 Å². The lowest BCUT2D eigenvalue weighted by molar-refractivity contribution is -0.119. The third-order valence-electron chi connectivity index (χ3n) is 1.63. The largest absolute Gasteiger partial charge is 0.768 e. The van der Waals surface area contributed by atoms with Crippen LogP contribution in [0.3, 0.4) is 0 Å². The molecule has 0 fully saturated rings. The number of amides is 1. The normalized spacial score (nSPS) is 12.1. The third-order valence-corrected chi connectivity index (χ3v) is 2.27. The van der Waals surface area contributed by atoms with Gasteiger partial charge in [-0.3, -0.25) is 9.00 Å². The second kappa shape index (κ2) is 4.88. The maximum Gasteiger partial charge on any atom is 0.217 e. The van der Waals surface area contributed by atoms with Crippen molar-refractivity contribution in [2.45, 2.75) is 18.4 Å². The summed E-state index contributed by atoms with van der Waals surface area (Å²) in [5.41, 5.74) is 0.766. The molecule has 1 amide bonds. The third kappa shape index (κ3) is 3.27. The average Bonchev–Trinajstić information content (AvgIpc) is 2.15. The van der Waals surface area contributed by atoms with Crippen molar-refractivity contribution in [3.05, 3.63) is 29.8 Å². The number of benzene rings is 1. The molecule has 0 saturated carbocycles. The smallest absolute Gasteiger partial charge is 0.217 e. The quantitative estimate of drug-likeness (QED) is 0.744. The van der Waals surface area contributed by atoms with Crippen LogP contribution in [0.15, 0.2) is 29.2 Å². The first-order chi connectivity index (χ1) is 6.59. The maximum atomic E-state index is 10.6. The second-order valence-electron chi connectivity index (χ2n) is 2.79. The fourth-order valence-electron chi connectivity index (χ4n) is 0.986. The molecule has 1 rings (SSSR count). The molecule has 0 aromatic heterocycles. The van der Waals surface area contributed by atoms with Crippen LogP contribution in [0.5, 0.6) is 0 Å². The van der Waals surface area contributed by atoms with E-state index in [0.29, 0.717) is 6.54 Å². The van der Waals surface area contributed by atoms with Gasteiger partial charge in [0.15, 0.2) is 0 Å². The molecule has 1 unspecified atom stereocenters. The molecule has 1 aromatic rings. The summed E-state index contributed by atoms with van der Waals surface area (Å²) in [6, 6.07) is 6.42. The minimum Gasteiger partial charge on any atom is -0.768 e. The Balaban J connectivity index is 2.73. The zero-order valence-corrected chi connectivity index (χ0v) is 8.47. The Morgan fingerprint density at radius 1 is 1.57 bits per heavy atom. The zero-order chi connectivity index (χ0) is 10.6. The van der Waals surface area contributed by atoms with Crippen molar-refractivity contribution in [1.29, 1.82) is 0 Å². The molecule has 76 valence electrons. The maximum absolute atomic E-state index is 10.6. The fourth-order valence-corrected chi connectivity index (χ4v) is 1.42. The summed E-state index contributed by atoms with van der Waals surface area (Å²) < 4.78 is 21.2. The number of hydrogen-bond donors (Lipinski definition) is 1. The summed E-state index contributed by atoms with van der Waals surface area (Å²) >= 11 is -2.22. The van der Waals surface area contributed by atoms with E-state index in [1.54, 1.807) is 12.1 Å². The van der Waals surface area contributed by atoms with Gasteiger partial charge in [-0.05, 0) is 28.8 Å². The van der Waals surface area contributed by atoms with Gasteiger partial charge in [-0.25, -0.2) is 0 Å². The Labute approximate surface area is 84.6 Å². The Morgan fingerprint density at radius 2 is 2.29 bits per heavy atom. The van der Waals surface area contributed by atoms with Crippen LogP contribution in [0.2, 0.25) is 0 Å². The van der Waals surface area contributed by atoms with Crippen molar-refractivity contribution < 1.29 is 13.6 Å². The summed E-state index contributed by atoms with van der Waals surface area (Å²) in [6.45, 7) is 1.76. The second-order valence-corrected chi connectivity index (χ2v) is 3.73. The lowest BCUT2D eigenvalue weighted by Crippen LogP contribution is -2.18. The van der Waals surface area contributed by atoms with Crippen molar-refractivity contribution in [3.8, 4) is 0 Å². The number of hydrogen-bond acceptors (Lipinski definition) is 3. The molecule has 0 aliphatic rings. The van der Waals surface area contributed by atoms with Crippen molar-refractivity contribution in [2.24, 2.45) is 0 Å². The molecule has 0 aliphatic heterocycles. The van der Waals surface area contributed by atoms with Crippen LogP contribution in [0.25, 0.3) is 0 Å². The molecule has 0 aliphatic carbocycles. The van der Waals surface area contributed by atoms with Gasteiger partial charge in [-0.2, -0.15) is 0 Å².